The molecule has 0 bridgehead atoms. The molecule has 1 amide bonds. The van der Waals surface area contributed by atoms with Gasteiger partial charge in [-0.1, -0.05) is 0 Å². The number of primary amides is 1. The summed E-state index contributed by atoms with van der Waals surface area (Å²) in [6.07, 6.45) is 3.07. The fourth-order valence-corrected chi connectivity index (χ4v) is 1.44. The van der Waals surface area contributed by atoms with E-state index in [0.29, 0.717) is 11.4 Å². The van der Waals surface area contributed by atoms with Crippen molar-refractivity contribution in [1.29, 1.82) is 0 Å². The summed E-state index contributed by atoms with van der Waals surface area (Å²) in [6.45, 7) is 3.09. The lowest BCUT2D eigenvalue weighted by molar-refractivity contribution is -0.114. The van der Waals surface area contributed by atoms with Gasteiger partial charge in [-0.15, -0.1) is 0 Å². The normalized spacial score (nSPS) is 12.1. The first-order valence-corrected chi connectivity index (χ1v) is 5.45. The van der Waals surface area contributed by atoms with Crippen LogP contribution in [0, 0.1) is 0 Å². The monoisotopic (exact) mass is 260 g/mol. The molecule has 8 nitrogen and oxygen atoms in total. The molecule has 0 unspecified atom stereocenters. The Morgan fingerprint density at radius 3 is 2.63 bits per heavy atom. The van der Waals surface area contributed by atoms with Gasteiger partial charge in [0.25, 0.3) is 0 Å². The molecule has 2 N–H and O–H groups in total. The second kappa shape index (κ2) is 4.84. The number of allylic oxidation sites excluding steroid dienone is 1. The lowest BCUT2D eigenvalue weighted by atomic mass is 10.2. The van der Waals surface area contributed by atoms with Gasteiger partial charge in [-0.25, -0.2) is 4.79 Å². The number of hydrogen-bond donors (Lipinski definition) is 1. The van der Waals surface area contributed by atoms with Crippen molar-refractivity contribution in [2.75, 3.05) is 0 Å². The van der Waals surface area contributed by atoms with E-state index in [1.165, 1.54) is 13.1 Å². The molecule has 2 aromatic heterocycles. The Morgan fingerprint density at radius 2 is 2.05 bits per heavy atom. The smallest absolute Gasteiger partial charge is 0.366 e. The molecule has 0 radical (unpaired) electrons. The second-order valence-electron chi connectivity index (χ2n) is 3.87. The highest BCUT2D eigenvalue weighted by Crippen LogP contribution is 2.06. The first-order chi connectivity index (χ1) is 9.02. The van der Waals surface area contributed by atoms with Gasteiger partial charge in [0.2, 0.25) is 5.91 Å². The van der Waals surface area contributed by atoms with E-state index >= 15 is 0 Å². The number of carbonyl (C=O) groups is 1. The summed E-state index contributed by atoms with van der Waals surface area (Å²) in [4.78, 5) is 27.1. The van der Waals surface area contributed by atoms with Crippen molar-refractivity contribution in [3.63, 3.8) is 0 Å². The SMILES string of the molecule is CC(C(N)=O)=C(C)n1nnn(-c2cccnc2)c1=O. The van der Waals surface area contributed by atoms with Gasteiger partial charge in [0.1, 0.15) is 0 Å². The van der Waals surface area contributed by atoms with Crippen LogP contribution in [0.1, 0.15) is 13.8 Å². The Bertz CT molecular complexity index is 697. The number of amides is 1. The first kappa shape index (κ1) is 12.7. The van der Waals surface area contributed by atoms with Crippen molar-refractivity contribution in [2.24, 2.45) is 5.73 Å². The number of rotatable bonds is 3. The molecule has 2 rings (SSSR count). The second-order valence-corrected chi connectivity index (χ2v) is 3.87. The van der Waals surface area contributed by atoms with Gasteiger partial charge in [-0.2, -0.15) is 9.36 Å². The predicted molar refractivity (Wildman–Crippen MR) is 67.2 cm³/mol. The molecule has 98 valence electrons. The molecule has 0 aliphatic rings. The highest BCUT2D eigenvalue weighted by Gasteiger charge is 2.13. The van der Waals surface area contributed by atoms with Gasteiger partial charge in [0.05, 0.1) is 17.6 Å². The van der Waals surface area contributed by atoms with Crippen LogP contribution < -0.4 is 11.4 Å². The Labute approximate surface area is 108 Å². The van der Waals surface area contributed by atoms with Crippen molar-refractivity contribution >= 4 is 11.6 Å². The fourth-order valence-electron chi connectivity index (χ4n) is 1.44. The molecule has 0 atom stereocenters. The zero-order valence-electron chi connectivity index (χ0n) is 10.4. The van der Waals surface area contributed by atoms with Crippen LogP contribution in [0.2, 0.25) is 0 Å². The zero-order chi connectivity index (χ0) is 14.0. The molecule has 0 aliphatic carbocycles. The molecule has 2 aromatic rings. The largest absolute Gasteiger partial charge is 0.373 e. The maximum atomic E-state index is 12.1. The van der Waals surface area contributed by atoms with Crippen molar-refractivity contribution in [3.05, 3.63) is 40.6 Å². The van der Waals surface area contributed by atoms with E-state index in [1.807, 2.05) is 0 Å². The lowest BCUT2D eigenvalue weighted by Crippen LogP contribution is -2.25. The Balaban J connectivity index is 2.54. The average molecular weight is 260 g/mol. The summed E-state index contributed by atoms with van der Waals surface area (Å²) in [5.41, 5.74) is 5.75. The molecule has 8 heteroatoms. The summed E-state index contributed by atoms with van der Waals surface area (Å²) >= 11 is 0. The molecule has 0 spiro atoms. The van der Waals surface area contributed by atoms with Crippen LogP contribution in [0.15, 0.2) is 34.9 Å². The molecular formula is C11H12N6O2. The maximum Gasteiger partial charge on any atom is 0.373 e. The van der Waals surface area contributed by atoms with E-state index in [-0.39, 0.29) is 5.57 Å². The lowest BCUT2D eigenvalue weighted by Gasteiger charge is -2.01. The third kappa shape index (κ3) is 2.28. The molecule has 0 saturated heterocycles. The Hall–Kier alpha value is -2.77. The van der Waals surface area contributed by atoms with Gasteiger partial charge in [0.15, 0.2) is 0 Å². The van der Waals surface area contributed by atoms with Crippen molar-refractivity contribution < 1.29 is 4.79 Å². The molecule has 0 fully saturated rings. The number of carbonyl (C=O) groups excluding carboxylic acids is 1. The van der Waals surface area contributed by atoms with Crippen LogP contribution in [0.3, 0.4) is 0 Å². The van der Waals surface area contributed by atoms with Crippen LogP contribution in [-0.4, -0.2) is 30.7 Å². The summed E-state index contributed by atoms with van der Waals surface area (Å²) in [5.74, 6) is -0.611. The Kier molecular flexibility index (Phi) is 3.23. The quantitative estimate of drug-likeness (QED) is 0.752. The Morgan fingerprint density at radius 1 is 1.32 bits per heavy atom. The molecule has 19 heavy (non-hydrogen) atoms. The molecule has 2 heterocycles. The topological polar surface area (TPSA) is 109 Å². The summed E-state index contributed by atoms with van der Waals surface area (Å²) in [6, 6.07) is 3.35. The minimum absolute atomic E-state index is 0.250. The molecular weight excluding hydrogens is 248 g/mol. The standard InChI is InChI=1S/C11H12N6O2/c1-7(10(12)18)8(2)16-11(19)17(15-14-16)9-4-3-5-13-6-9/h3-6H,1-2H3,(H2,12,18). The van der Waals surface area contributed by atoms with E-state index in [1.54, 1.807) is 25.3 Å². The van der Waals surface area contributed by atoms with Gasteiger partial charge in [-0.05, 0) is 36.4 Å². The summed E-state index contributed by atoms with van der Waals surface area (Å²) < 4.78 is 2.11. The van der Waals surface area contributed by atoms with Crippen molar-refractivity contribution in [1.82, 2.24) is 24.8 Å². The summed E-state index contributed by atoms with van der Waals surface area (Å²) in [7, 11) is 0. The zero-order valence-corrected chi connectivity index (χ0v) is 10.4. The van der Waals surface area contributed by atoms with Crippen LogP contribution >= 0.6 is 0 Å². The van der Waals surface area contributed by atoms with Gasteiger partial charge < -0.3 is 5.73 Å². The van der Waals surface area contributed by atoms with E-state index in [0.717, 1.165) is 9.36 Å². The van der Waals surface area contributed by atoms with Gasteiger partial charge in [-0.3, -0.25) is 9.78 Å². The highest BCUT2D eigenvalue weighted by atomic mass is 16.2. The summed E-state index contributed by atoms with van der Waals surface area (Å²) in [5, 5.41) is 7.46. The number of aromatic nitrogens is 5. The van der Waals surface area contributed by atoms with E-state index in [2.05, 4.69) is 15.4 Å². The fraction of sp³-hybridized carbons (Fsp3) is 0.182. The number of pyridine rings is 1. The van der Waals surface area contributed by atoms with E-state index < -0.39 is 11.6 Å². The minimum atomic E-state index is -0.611. The van der Waals surface area contributed by atoms with Crippen LogP contribution in [0.25, 0.3) is 11.4 Å². The van der Waals surface area contributed by atoms with Crippen LogP contribution in [0.4, 0.5) is 0 Å². The molecule has 0 aromatic carbocycles. The molecule has 0 saturated carbocycles. The van der Waals surface area contributed by atoms with E-state index in [4.69, 9.17) is 5.73 Å². The van der Waals surface area contributed by atoms with Gasteiger partial charge >= 0.3 is 5.69 Å². The van der Waals surface area contributed by atoms with Gasteiger partial charge in [0, 0.05) is 11.8 Å². The van der Waals surface area contributed by atoms with E-state index in [9.17, 15) is 9.59 Å². The van der Waals surface area contributed by atoms with Crippen molar-refractivity contribution in [2.45, 2.75) is 13.8 Å². The average Bonchev–Trinajstić information content (AvgIpc) is 2.79. The number of nitrogens with zero attached hydrogens (tertiary/aromatic N) is 5. The third-order valence-corrected chi connectivity index (χ3v) is 2.70. The highest BCUT2D eigenvalue weighted by molar-refractivity contribution is 5.96. The first-order valence-electron chi connectivity index (χ1n) is 5.45. The number of hydrogen-bond acceptors (Lipinski definition) is 5. The minimum Gasteiger partial charge on any atom is -0.366 e. The van der Waals surface area contributed by atoms with Crippen LogP contribution in [-0.2, 0) is 4.79 Å². The van der Waals surface area contributed by atoms with Crippen LogP contribution in [0.5, 0.6) is 0 Å². The maximum absolute atomic E-state index is 12.1. The third-order valence-electron chi connectivity index (χ3n) is 2.70. The van der Waals surface area contributed by atoms with Crippen molar-refractivity contribution in [3.8, 4) is 5.69 Å². The predicted octanol–water partition coefficient (Wildman–Crippen LogP) is -0.440. The molecule has 0 aliphatic heterocycles. The number of tetrazole rings is 1. The number of nitrogens with two attached hydrogens (primary N) is 1.